The second-order valence-electron chi connectivity index (χ2n) is 12.4. The van der Waals surface area contributed by atoms with Crippen molar-refractivity contribution < 1.29 is 9.59 Å². The molecule has 7 heteroatoms. The molecule has 3 aromatic carbocycles. The largest absolute Gasteiger partial charge is 0.336 e. The summed E-state index contributed by atoms with van der Waals surface area (Å²) in [6.07, 6.45) is 14.2. The Hall–Kier alpha value is -3.55. The fourth-order valence-corrected chi connectivity index (χ4v) is 6.53. The van der Waals surface area contributed by atoms with Gasteiger partial charge < -0.3 is 15.5 Å². The van der Waals surface area contributed by atoms with Crippen molar-refractivity contribution in [2.45, 2.75) is 90.0 Å². The molecular weight excluding hydrogens is 589 g/mol. The van der Waals surface area contributed by atoms with E-state index in [0.717, 1.165) is 25.9 Å². The number of anilines is 1. The number of hydrogen-bond acceptors (Lipinski definition) is 4. The molecule has 1 saturated heterocycles. The van der Waals surface area contributed by atoms with Crippen LogP contribution in [-0.4, -0.2) is 52.9 Å². The summed E-state index contributed by atoms with van der Waals surface area (Å²) in [5.74, 6) is -0.117. The highest BCUT2D eigenvalue weighted by molar-refractivity contribution is 7.80. The number of amides is 2. The number of carbonyl (C=O) groups is 2. The van der Waals surface area contributed by atoms with Crippen molar-refractivity contribution in [2.75, 3.05) is 31.5 Å². The smallest absolute Gasteiger partial charge is 0.256 e. The number of nitrogens with one attached hydrogen (secondary N) is 2. The van der Waals surface area contributed by atoms with Gasteiger partial charge in [0.1, 0.15) is 0 Å². The van der Waals surface area contributed by atoms with E-state index in [1.807, 2.05) is 41.3 Å². The second-order valence-corrected chi connectivity index (χ2v) is 12.8. The fourth-order valence-electron chi connectivity index (χ4n) is 6.31. The van der Waals surface area contributed by atoms with Gasteiger partial charge in [0.05, 0.1) is 17.3 Å². The molecule has 2 amide bonds. The maximum Gasteiger partial charge on any atom is 0.256 e. The Labute approximate surface area is 282 Å². The van der Waals surface area contributed by atoms with E-state index in [1.165, 1.54) is 68.9 Å². The summed E-state index contributed by atoms with van der Waals surface area (Å²) in [6.45, 7) is 5.05. The Bertz CT molecular complexity index is 1300. The first-order chi connectivity index (χ1) is 22.6. The highest BCUT2D eigenvalue weighted by atomic mass is 32.1. The van der Waals surface area contributed by atoms with E-state index in [0.29, 0.717) is 30.8 Å². The van der Waals surface area contributed by atoms with Crippen molar-refractivity contribution >= 4 is 34.8 Å². The van der Waals surface area contributed by atoms with Gasteiger partial charge in [-0.3, -0.25) is 14.5 Å². The minimum absolute atomic E-state index is 0.0335. The lowest BCUT2D eigenvalue weighted by Crippen LogP contribution is -2.50. The molecular formula is C39H52N4O2S. The summed E-state index contributed by atoms with van der Waals surface area (Å²) in [5.41, 5.74) is 3.67. The van der Waals surface area contributed by atoms with Crippen LogP contribution in [0.1, 0.15) is 112 Å². The zero-order valence-corrected chi connectivity index (χ0v) is 28.4. The molecule has 0 unspecified atom stereocenters. The third kappa shape index (κ3) is 11.4. The highest BCUT2D eigenvalue weighted by Crippen LogP contribution is 2.30. The lowest BCUT2D eigenvalue weighted by Gasteiger charge is -2.40. The van der Waals surface area contributed by atoms with Gasteiger partial charge in [0.15, 0.2) is 5.11 Å². The van der Waals surface area contributed by atoms with Gasteiger partial charge in [-0.2, -0.15) is 0 Å². The van der Waals surface area contributed by atoms with Crippen LogP contribution in [0.15, 0.2) is 84.9 Å². The average Bonchev–Trinajstić information content (AvgIpc) is 3.08. The monoisotopic (exact) mass is 640 g/mol. The van der Waals surface area contributed by atoms with E-state index in [2.05, 4.69) is 71.0 Å². The normalized spacial score (nSPS) is 13.5. The number of carbonyl (C=O) groups excluding carboxylic acids is 2. The molecule has 2 N–H and O–H groups in total. The van der Waals surface area contributed by atoms with Gasteiger partial charge in [-0.1, -0.05) is 144 Å². The average molecular weight is 641 g/mol. The highest BCUT2D eigenvalue weighted by Gasteiger charge is 2.29. The summed E-state index contributed by atoms with van der Waals surface area (Å²) in [7, 11) is 0. The first kappa shape index (κ1) is 35.3. The molecule has 0 spiro atoms. The number of rotatable bonds is 17. The van der Waals surface area contributed by atoms with Gasteiger partial charge >= 0.3 is 0 Å². The number of hydrogen-bond donors (Lipinski definition) is 2. The van der Waals surface area contributed by atoms with Gasteiger partial charge in [0.2, 0.25) is 5.91 Å². The third-order valence-electron chi connectivity index (χ3n) is 8.86. The molecule has 0 bridgehead atoms. The van der Waals surface area contributed by atoms with Gasteiger partial charge in [0.25, 0.3) is 5.91 Å². The molecule has 0 radical (unpaired) electrons. The Morgan fingerprint density at radius 2 is 1.17 bits per heavy atom. The van der Waals surface area contributed by atoms with E-state index in [1.54, 1.807) is 0 Å². The molecule has 3 aromatic rings. The quantitative estimate of drug-likeness (QED) is 0.114. The molecule has 1 fully saturated rings. The van der Waals surface area contributed by atoms with Crippen molar-refractivity contribution in [2.24, 2.45) is 0 Å². The van der Waals surface area contributed by atoms with Crippen LogP contribution in [0, 0.1) is 0 Å². The molecule has 6 nitrogen and oxygen atoms in total. The standard InChI is InChI=1S/C39H52N4O2S/c1-2-3-4-5-6-7-8-9-10-11-18-27-36(44)41-39(46)40-35-26-20-19-25-34(35)38(45)43-30-28-42(29-31-43)37(32-21-14-12-15-22-32)33-23-16-13-17-24-33/h12-17,19-26,37H,2-11,18,27-31H2,1H3,(H2,40,41,44,46). The van der Waals surface area contributed by atoms with E-state index in [4.69, 9.17) is 12.2 Å². The molecule has 1 aliphatic heterocycles. The lowest BCUT2D eigenvalue weighted by molar-refractivity contribution is -0.119. The van der Waals surface area contributed by atoms with Crippen LogP contribution in [-0.2, 0) is 4.79 Å². The van der Waals surface area contributed by atoms with Gasteiger partial charge in [-0.15, -0.1) is 0 Å². The molecule has 1 heterocycles. The van der Waals surface area contributed by atoms with E-state index in [9.17, 15) is 9.59 Å². The molecule has 0 saturated carbocycles. The van der Waals surface area contributed by atoms with Crippen LogP contribution in [0.2, 0.25) is 0 Å². The molecule has 0 aliphatic carbocycles. The van der Waals surface area contributed by atoms with Crippen LogP contribution in [0.3, 0.4) is 0 Å². The molecule has 46 heavy (non-hydrogen) atoms. The first-order valence-corrected chi connectivity index (χ1v) is 17.8. The molecule has 1 aliphatic rings. The summed E-state index contributed by atoms with van der Waals surface area (Å²) >= 11 is 5.46. The maximum atomic E-state index is 13.7. The van der Waals surface area contributed by atoms with Crippen LogP contribution in [0.4, 0.5) is 5.69 Å². The van der Waals surface area contributed by atoms with E-state index >= 15 is 0 Å². The second kappa shape index (κ2) is 19.9. The van der Waals surface area contributed by atoms with Crippen molar-refractivity contribution in [1.29, 1.82) is 0 Å². The predicted molar refractivity (Wildman–Crippen MR) is 194 cm³/mol. The summed E-state index contributed by atoms with van der Waals surface area (Å²) in [6, 6.07) is 28.7. The topological polar surface area (TPSA) is 64.7 Å². The predicted octanol–water partition coefficient (Wildman–Crippen LogP) is 8.75. The summed E-state index contributed by atoms with van der Waals surface area (Å²) in [5, 5.41) is 6.15. The molecule has 4 rings (SSSR count). The Morgan fingerprint density at radius 1 is 0.674 bits per heavy atom. The van der Waals surface area contributed by atoms with Gasteiger partial charge in [-0.05, 0) is 41.9 Å². The zero-order chi connectivity index (χ0) is 32.4. The Kier molecular flexibility index (Phi) is 15.2. The maximum absolute atomic E-state index is 13.7. The number of thiocarbonyl (C=S) groups is 1. The SMILES string of the molecule is CCCCCCCCCCCCCC(=O)NC(=S)Nc1ccccc1C(=O)N1CCN(C(c2ccccc2)c2ccccc2)CC1. The number of para-hydroxylation sites is 1. The number of piperazine rings is 1. The Balaban J connectivity index is 1.21. The summed E-state index contributed by atoms with van der Waals surface area (Å²) < 4.78 is 0. The minimum Gasteiger partial charge on any atom is -0.336 e. The molecule has 246 valence electrons. The van der Waals surface area contributed by atoms with Crippen molar-refractivity contribution in [3.63, 3.8) is 0 Å². The van der Waals surface area contributed by atoms with Gasteiger partial charge in [-0.25, -0.2) is 0 Å². The van der Waals surface area contributed by atoms with E-state index < -0.39 is 0 Å². The Morgan fingerprint density at radius 3 is 1.74 bits per heavy atom. The number of nitrogens with zero attached hydrogens (tertiary/aromatic N) is 2. The summed E-state index contributed by atoms with van der Waals surface area (Å²) in [4.78, 5) is 30.6. The molecule has 0 aromatic heterocycles. The van der Waals surface area contributed by atoms with Crippen LogP contribution in [0.25, 0.3) is 0 Å². The zero-order valence-electron chi connectivity index (χ0n) is 27.6. The van der Waals surface area contributed by atoms with Gasteiger partial charge in [0, 0.05) is 32.6 Å². The fraction of sp³-hybridized carbons (Fsp3) is 0.462. The van der Waals surface area contributed by atoms with Crippen molar-refractivity contribution in [3.05, 3.63) is 102 Å². The van der Waals surface area contributed by atoms with Crippen molar-refractivity contribution in [3.8, 4) is 0 Å². The third-order valence-corrected chi connectivity index (χ3v) is 9.07. The number of benzene rings is 3. The minimum atomic E-state index is -0.0836. The van der Waals surface area contributed by atoms with Crippen LogP contribution >= 0.6 is 12.2 Å². The first-order valence-electron chi connectivity index (χ1n) is 17.4. The molecule has 0 atom stereocenters. The lowest BCUT2D eigenvalue weighted by atomic mass is 9.96. The van der Waals surface area contributed by atoms with Crippen LogP contribution in [0.5, 0.6) is 0 Å². The van der Waals surface area contributed by atoms with E-state index in [-0.39, 0.29) is 23.0 Å². The number of unbranched alkanes of at least 4 members (excludes halogenated alkanes) is 10. The van der Waals surface area contributed by atoms with Crippen molar-refractivity contribution in [1.82, 2.24) is 15.1 Å². The van der Waals surface area contributed by atoms with Crippen LogP contribution < -0.4 is 10.6 Å².